The van der Waals surface area contributed by atoms with Crippen molar-refractivity contribution in [3.63, 3.8) is 0 Å². The summed E-state index contributed by atoms with van der Waals surface area (Å²) in [7, 11) is 0. The number of nitrogens with one attached hydrogen (secondary N) is 1. The van der Waals surface area contributed by atoms with Crippen molar-refractivity contribution in [1.82, 2.24) is 9.88 Å². The fraction of sp³-hybridized carbons (Fsp3) is 0.450. The van der Waals surface area contributed by atoms with E-state index in [1.807, 2.05) is 23.1 Å². The lowest BCUT2D eigenvalue weighted by Gasteiger charge is -2.41. The van der Waals surface area contributed by atoms with Crippen molar-refractivity contribution in [3.8, 4) is 0 Å². The van der Waals surface area contributed by atoms with Gasteiger partial charge in [-0.2, -0.15) is 0 Å². The summed E-state index contributed by atoms with van der Waals surface area (Å²) < 4.78 is 5.56. The molecule has 2 aromatic rings. The lowest BCUT2D eigenvalue weighted by atomic mass is 9.73. The van der Waals surface area contributed by atoms with E-state index in [0.717, 1.165) is 22.6 Å². The van der Waals surface area contributed by atoms with E-state index < -0.39 is 5.41 Å². The lowest BCUT2D eigenvalue weighted by Crippen LogP contribution is -2.51. The molecule has 2 amide bonds. The molecule has 1 saturated heterocycles. The van der Waals surface area contributed by atoms with Crippen molar-refractivity contribution in [2.24, 2.45) is 0 Å². The molecule has 2 aliphatic heterocycles. The van der Waals surface area contributed by atoms with Gasteiger partial charge in [0, 0.05) is 38.0 Å². The summed E-state index contributed by atoms with van der Waals surface area (Å²) in [4.78, 5) is 32.5. The van der Waals surface area contributed by atoms with Crippen molar-refractivity contribution in [1.29, 1.82) is 0 Å². The Bertz CT molecular complexity index is 843. The zero-order valence-corrected chi connectivity index (χ0v) is 16.2. The standard InChI is InChI=1S/C20H23N3O3S/c1-14(24)21-19-22-16-7-10-23(13-17(16)27-19)18(25)20(8-11-26-12-9-20)15-5-3-2-4-6-15/h2-6H,7-13H2,1H3,(H,21,22,24). The zero-order chi connectivity index (χ0) is 18.9. The van der Waals surface area contributed by atoms with Gasteiger partial charge in [0.15, 0.2) is 5.13 Å². The van der Waals surface area contributed by atoms with E-state index in [0.29, 0.717) is 44.3 Å². The number of aromatic nitrogens is 1. The van der Waals surface area contributed by atoms with Gasteiger partial charge in [-0.15, -0.1) is 0 Å². The highest BCUT2D eigenvalue weighted by Crippen LogP contribution is 2.38. The summed E-state index contributed by atoms with van der Waals surface area (Å²) >= 11 is 1.46. The molecule has 6 nitrogen and oxygen atoms in total. The Morgan fingerprint density at radius 1 is 1.22 bits per heavy atom. The Morgan fingerprint density at radius 2 is 1.96 bits per heavy atom. The molecule has 0 atom stereocenters. The Labute approximate surface area is 162 Å². The Balaban J connectivity index is 1.59. The molecule has 1 fully saturated rings. The minimum atomic E-state index is -0.512. The zero-order valence-electron chi connectivity index (χ0n) is 15.4. The van der Waals surface area contributed by atoms with Crippen LogP contribution in [0.1, 0.15) is 35.9 Å². The SMILES string of the molecule is CC(=O)Nc1nc2c(s1)CN(C(=O)C1(c3ccccc3)CCOCC1)CC2. The van der Waals surface area contributed by atoms with E-state index in [2.05, 4.69) is 22.4 Å². The molecule has 1 aromatic carbocycles. The van der Waals surface area contributed by atoms with Gasteiger partial charge in [0.1, 0.15) is 0 Å². The van der Waals surface area contributed by atoms with Crippen LogP contribution in [-0.4, -0.2) is 41.5 Å². The molecule has 0 saturated carbocycles. The number of fused-ring (bicyclic) bond motifs is 1. The van der Waals surface area contributed by atoms with Gasteiger partial charge in [-0.25, -0.2) is 4.98 Å². The van der Waals surface area contributed by atoms with E-state index in [1.54, 1.807) is 0 Å². The second kappa shape index (κ2) is 7.40. The highest BCUT2D eigenvalue weighted by atomic mass is 32.1. The van der Waals surface area contributed by atoms with Crippen LogP contribution in [0, 0.1) is 0 Å². The number of nitrogens with zero attached hydrogens (tertiary/aromatic N) is 2. The smallest absolute Gasteiger partial charge is 0.233 e. The molecule has 1 aromatic heterocycles. The lowest BCUT2D eigenvalue weighted by molar-refractivity contribution is -0.142. The van der Waals surface area contributed by atoms with Crippen molar-refractivity contribution < 1.29 is 14.3 Å². The predicted molar refractivity (Wildman–Crippen MR) is 104 cm³/mol. The molecule has 7 heteroatoms. The predicted octanol–water partition coefficient (Wildman–Crippen LogP) is 2.73. The van der Waals surface area contributed by atoms with E-state index in [4.69, 9.17) is 4.74 Å². The van der Waals surface area contributed by atoms with E-state index >= 15 is 0 Å². The molecule has 4 rings (SSSR count). The third-order valence-electron chi connectivity index (χ3n) is 5.38. The van der Waals surface area contributed by atoms with Crippen LogP contribution in [0.3, 0.4) is 0 Å². The fourth-order valence-corrected chi connectivity index (χ4v) is 5.05. The van der Waals surface area contributed by atoms with Gasteiger partial charge < -0.3 is 15.0 Å². The molecular formula is C20H23N3O3S. The Kier molecular flexibility index (Phi) is 4.97. The van der Waals surface area contributed by atoms with Crippen molar-refractivity contribution in [3.05, 3.63) is 46.5 Å². The third kappa shape index (κ3) is 3.49. The number of thiazole rings is 1. The minimum Gasteiger partial charge on any atom is -0.381 e. The fourth-order valence-electron chi connectivity index (χ4n) is 3.98. The molecule has 1 N–H and O–H groups in total. The van der Waals surface area contributed by atoms with Gasteiger partial charge in [-0.05, 0) is 18.4 Å². The summed E-state index contributed by atoms with van der Waals surface area (Å²) in [6.07, 6.45) is 2.14. The van der Waals surface area contributed by atoms with Crippen molar-refractivity contribution in [2.75, 3.05) is 25.1 Å². The molecule has 3 heterocycles. The van der Waals surface area contributed by atoms with Crippen LogP contribution < -0.4 is 5.32 Å². The first-order valence-corrected chi connectivity index (χ1v) is 10.1. The van der Waals surface area contributed by atoms with Crippen LogP contribution in [0.5, 0.6) is 0 Å². The summed E-state index contributed by atoms with van der Waals surface area (Å²) in [6.45, 7) is 3.90. The second-order valence-electron chi connectivity index (χ2n) is 7.11. The van der Waals surface area contributed by atoms with Gasteiger partial charge in [-0.3, -0.25) is 9.59 Å². The number of carbonyl (C=O) groups excluding carboxylic acids is 2. The largest absolute Gasteiger partial charge is 0.381 e. The summed E-state index contributed by atoms with van der Waals surface area (Å²) in [5.74, 6) is 0.0522. The van der Waals surface area contributed by atoms with Crippen LogP contribution >= 0.6 is 11.3 Å². The number of benzene rings is 1. The van der Waals surface area contributed by atoms with Crippen LogP contribution in [-0.2, 0) is 32.7 Å². The number of amides is 2. The van der Waals surface area contributed by atoms with Crippen LogP contribution in [0.15, 0.2) is 30.3 Å². The minimum absolute atomic E-state index is 0.126. The number of hydrogen-bond donors (Lipinski definition) is 1. The third-order valence-corrected chi connectivity index (χ3v) is 6.38. The monoisotopic (exact) mass is 385 g/mol. The quantitative estimate of drug-likeness (QED) is 0.882. The average molecular weight is 385 g/mol. The van der Waals surface area contributed by atoms with Gasteiger partial charge in [0.05, 0.1) is 17.7 Å². The molecule has 27 heavy (non-hydrogen) atoms. The van der Waals surface area contributed by atoms with Crippen molar-refractivity contribution in [2.45, 2.75) is 38.1 Å². The molecule has 0 radical (unpaired) electrons. The Hall–Kier alpha value is -2.25. The highest BCUT2D eigenvalue weighted by molar-refractivity contribution is 7.15. The summed E-state index contributed by atoms with van der Waals surface area (Å²) in [5, 5.41) is 3.37. The number of carbonyl (C=O) groups is 2. The van der Waals surface area contributed by atoms with Crippen LogP contribution in [0.25, 0.3) is 0 Å². The molecule has 2 aliphatic rings. The van der Waals surface area contributed by atoms with Gasteiger partial charge >= 0.3 is 0 Å². The molecule has 0 spiro atoms. The van der Waals surface area contributed by atoms with Gasteiger partial charge in [-0.1, -0.05) is 41.7 Å². The maximum absolute atomic E-state index is 13.7. The van der Waals surface area contributed by atoms with E-state index in [1.165, 1.54) is 18.3 Å². The number of rotatable bonds is 3. The topological polar surface area (TPSA) is 71.5 Å². The number of anilines is 1. The van der Waals surface area contributed by atoms with E-state index in [9.17, 15) is 9.59 Å². The highest BCUT2D eigenvalue weighted by Gasteiger charge is 2.44. The Morgan fingerprint density at radius 3 is 2.67 bits per heavy atom. The molecule has 142 valence electrons. The van der Waals surface area contributed by atoms with Crippen molar-refractivity contribution >= 4 is 28.3 Å². The number of ether oxygens (including phenoxy) is 1. The molecular weight excluding hydrogens is 362 g/mol. The molecule has 0 unspecified atom stereocenters. The van der Waals surface area contributed by atoms with Gasteiger partial charge in [0.2, 0.25) is 11.8 Å². The van der Waals surface area contributed by atoms with Crippen LogP contribution in [0.2, 0.25) is 0 Å². The second-order valence-corrected chi connectivity index (χ2v) is 8.19. The molecule has 0 aliphatic carbocycles. The average Bonchev–Trinajstić information content (AvgIpc) is 3.09. The first-order valence-electron chi connectivity index (χ1n) is 9.27. The summed E-state index contributed by atoms with van der Waals surface area (Å²) in [6, 6.07) is 10.1. The maximum Gasteiger partial charge on any atom is 0.233 e. The molecule has 0 bridgehead atoms. The normalized spacial score (nSPS) is 18.6. The number of hydrogen-bond acceptors (Lipinski definition) is 5. The van der Waals surface area contributed by atoms with Crippen LogP contribution in [0.4, 0.5) is 5.13 Å². The first kappa shape index (κ1) is 18.1. The van der Waals surface area contributed by atoms with Gasteiger partial charge in [0.25, 0.3) is 0 Å². The maximum atomic E-state index is 13.7. The first-order chi connectivity index (χ1) is 13.1. The summed E-state index contributed by atoms with van der Waals surface area (Å²) in [5.41, 5.74) is 1.56. The van der Waals surface area contributed by atoms with E-state index in [-0.39, 0.29) is 11.8 Å².